The second kappa shape index (κ2) is 6.98. The van der Waals surface area contributed by atoms with Crippen LogP contribution in [-0.2, 0) is 11.2 Å². The Balaban J connectivity index is 2.18. The van der Waals surface area contributed by atoms with E-state index in [4.69, 9.17) is 5.11 Å². The van der Waals surface area contributed by atoms with Gasteiger partial charge in [-0.2, -0.15) is 0 Å². The number of nitrogens with one attached hydrogen (secondary N) is 2. The molecular weight excluding hydrogens is 296 g/mol. The van der Waals surface area contributed by atoms with Crippen molar-refractivity contribution in [3.63, 3.8) is 0 Å². The highest BCUT2D eigenvalue weighted by atomic mass is 16.4. The van der Waals surface area contributed by atoms with E-state index in [1.54, 1.807) is 6.92 Å². The molecule has 23 heavy (non-hydrogen) atoms. The molecule has 1 aromatic rings. The number of carboxylic acid groups (broad SMARTS) is 1. The van der Waals surface area contributed by atoms with Crippen LogP contribution < -0.4 is 5.32 Å². The number of hydrogen-bond acceptors (Lipinski definition) is 3. The highest BCUT2D eigenvalue weighted by Gasteiger charge is 2.31. The Kier molecular flexibility index (Phi) is 5.23. The van der Waals surface area contributed by atoms with E-state index in [1.807, 2.05) is 6.92 Å². The zero-order chi connectivity index (χ0) is 17.1. The van der Waals surface area contributed by atoms with Gasteiger partial charge in [-0.1, -0.05) is 13.3 Å². The zero-order valence-corrected chi connectivity index (χ0v) is 13.9. The minimum absolute atomic E-state index is 0.0481. The fraction of sp³-hybridized carbons (Fsp3) is 0.588. The topological polar surface area (TPSA) is 99.3 Å². The number of H-pyrrole nitrogens is 1. The van der Waals surface area contributed by atoms with Crippen molar-refractivity contribution in [3.8, 4) is 0 Å². The summed E-state index contributed by atoms with van der Waals surface area (Å²) in [7, 11) is 0. The lowest BCUT2D eigenvalue weighted by molar-refractivity contribution is -0.141. The molecule has 6 nitrogen and oxygen atoms in total. The Morgan fingerprint density at radius 1 is 1.30 bits per heavy atom. The molecule has 0 bridgehead atoms. The van der Waals surface area contributed by atoms with Gasteiger partial charge >= 0.3 is 5.97 Å². The molecule has 0 saturated heterocycles. The summed E-state index contributed by atoms with van der Waals surface area (Å²) in [4.78, 5) is 38.4. The number of ketones is 1. The molecular formula is C17H24N2O4. The zero-order valence-electron chi connectivity index (χ0n) is 13.9. The molecule has 0 aliphatic heterocycles. The van der Waals surface area contributed by atoms with Crippen LogP contribution in [0.3, 0.4) is 0 Å². The van der Waals surface area contributed by atoms with Crippen LogP contribution >= 0.6 is 0 Å². The third kappa shape index (κ3) is 3.63. The molecule has 1 aliphatic carbocycles. The lowest BCUT2D eigenvalue weighted by atomic mass is 10.0. The Labute approximate surface area is 135 Å². The van der Waals surface area contributed by atoms with E-state index in [1.165, 1.54) is 6.92 Å². The molecule has 0 spiro atoms. The van der Waals surface area contributed by atoms with Crippen LogP contribution in [0.4, 0.5) is 0 Å². The Bertz CT molecular complexity index is 633. The SMILES string of the molecule is CCCc1c(C(=O)N[C@H]2CC[C@@H](C(=O)O)C2)[nH]c(C)c1C(C)=O. The predicted molar refractivity (Wildman–Crippen MR) is 85.8 cm³/mol. The second-order valence-corrected chi connectivity index (χ2v) is 6.30. The average Bonchev–Trinajstić information content (AvgIpc) is 3.04. The number of carboxylic acids is 1. The van der Waals surface area contributed by atoms with Crippen LogP contribution in [0.15, 0.2) is 0 Å². The first-order chi connectivity index (χ1) is 10.8. The van der Waals surface area contributed by atoms with Gasteiger partial charge in [-0.3, -0.25) is 14.4 Å². The van der Waals surface area contributed by atoms with E-state index in [2.05, 4.69) is 10.3 Å². The Hall–Kier alpha value is -2.11. The lowest BCUT2D eigenvalue weighted by Gasteiger charge is -2.13. The third-order valence-corrected chi connectivity index (χ3v) is 4.49. The molecule has 1 aliphatic rings. The largest absolute Gasteiger partial charge is 0.481 e. The van der Waals surface area contributed by atoms with Crippen molar-refractivity contribution in [1.29, 1.82) is 0 Å². The molecule has 2 rings (SSSR count). The number of Topliss-reactive ketones (excluding diaryl/α,β-unsaturated/α-hetero) is 1. The van der Waals surface area contributed by atoms with Gasteiger partial charge in [0.25, 0.3) is 5.91 Å². The predicted octanol–water partition coefficient (Wildman–Crippen LogP) is 2.46. The highest BCUT2D eigenvalue weighted by molar-refractivity contribution is 6.02. The van der Waals surface area contributed by atoms with Crippen LogP contribution in [-0.4, -0.2) is 33.8 Å². The summed E-state index contributed by atoms with van der Waals surface area (Å²) in [6.45, 7) is 5.30. The average molecular weight is 320 g/mol. The Morgan fingerprint density at radius 2 is 2.00 bits per heavy atom. The molecule has 1 heterocycles. The number of aryl methyl sites for hydroxylation is 1. The molecule has 0 aromatic carbocycles. The monoisotopic (exact) mass is 320 g/mol. The summed E-state index contributed by atoms with van der Waals surface area (Å²) in [5.74, 6) is -1.48. The molecule has 126 valence electrons. The summed E-state index contributed by atoms with van der Waals surface area (Å²) in [6.07, 6.45) is 3.21. The van der Waals surface area contributed by atoms with Crippen LogP contribution in [0.1, 0.15) is 71.6 Å². The van der Waals surface area contributed by atoms with Gasteiger partial charge in [0.05, 0.1) is 5.92 Å². The smallest absolute Gasteiger partial charge is 0.306 e. The van der Waals surface area contributed by atoms with E-state index < -0.39 is 5.97 Å². The molecule has 6 heteroatoms. The van der Waals surface area contributed by atoms with Crippen molar-refractivity contribution in [2.45, 2.75) is 58.9 Å². The highest BCUT2D eigenvalue weighted by Crippen LogP contribution is 2.27. The van der Waals surface area contributed by atoms with Gasteiger partial charge in [0, 0.05) is 17.3 Å². The maximum absolute atomic E-state index is 12.6. The summed E-state index contributed by atoms with van der Waals surface area (Å²) in [6, 6.07) is -0.123. The number of amides is 1. The molecule has 1 aromatic heterocycles. The minimum atomic E-state index is -0.803. The van der Waals surface area contributed by atoms with Gasteiger partial charge < -0.3 is 15.4 Å². The van der Waals surface area contributed by atoms with Crippen molar-refractivity contribution >= 4 is 17.7 Å². The number of aromatic nitrogens is 1. The first-order valence-corrected chi connectivity index (χ1v) is 8.11. The summed E-state index contributed by atoms with van der Waals surface area (Å²) >= 11 is 0. The van der Waals surface area contributed by atoms with Crippen molar-refractivity contribution in [1.82, 2.24) is 10.3 Å². The van der Waals surface area contributed by atoms with Crippen molar-refractivity contribution in [3.05, 3.63) is 22.5 Å². The first kappa shape index (κ1) is 17.2. The van der Waals surface area contributed by atoms with Gasteiger partial charge in [-0.05, 0) is 45.1 Å². The number of carbonyl (C=O) groups excluding carboxylic acids is 2. The standard InChI is InChI=1S/C17H24N2O4/c1-4-5-13-14(10(3)20)9(2)18-15(13)16(21)19-12-7-6-11(8-12)17(22)23/h11-12,18H,4-8H2,1-3H3,(H,19,21)(H,22,23)/t11-,12+/m1/s1. The fourth-order valence-electron chi connectivity index (χ4n) is 3.44. The van der Waals surface area contributed by atoms with E-state index >= 15 is 0 Å². The second-order valence-electron chi connectivity index (χ2n) is 6.30. The number of rotatable bonds is 6. The summed E-state index contributed by atoms with van der Waals surface area (Å²) in [5.41, 5.74) is 2.52. The van der Waals surface area contributed by atoms with Crippen LogP contribution in [0, 0.1) is 12.8 Å². The minimum Gasteiger partial charge on any atom is -0.481 e. The summed E-state index contributed by atoms with van der Waals surface area (Å²) < 4.78 is 0. The van der Waals surface area contributed by atoms with Gasteiger partial charge in [-0.15, -0.1) is 0 Å². The number of aromatic amines is 1. The molecule has 0 radical (unpaired) electrons. The quantitative estimate of drug-likeness (QED) is 0.701. The van der Waals surface area contributed by atoms with Gasteiger partial charge in [0.2, 0.25) is 0 Å². The van der Waals surface area contributed by atoms with Crippen molar-refractivity contribution < 1.29 is 19.5 Å². The lowest BCUT2D eigenvalue weighted by Crippen LogP contribution is -2.34. The first-order valence-electron chi connectivity index (χ1n) is 8.11. The molecule has 1 fully saturated rings. The maximum atomic E-state index is 12.6. The van der Waals surface area contributed by atoms with E-state index in [0.29, 0.717) is 42.6 Å². The molecule has 2 atom stereocenters. The van der Waals surface area contributed by atoms with Gasteiger partial charge in [0.15, 0.2) is 5.78 Å². The molecule has 3 N–H and O–H groups in total. The number of hydrogen-bond donors (Lipinski definition) is 3. The van der Waals surface area contributed by atoms with Crippen LogP contribution in [0.25, 0.3) is 0 Å². The van der Waals surface area contributed by atoms with Gasteiger partial charge in [-0.25, -0.2) is 0 Å². The number of carbonyl (C=O) groups is 3. The van der Waals surface area contributed by atoms with Crippen molar-refractivity contribution in [2.24, 2.45) is 5.92 Å². The normalized spacial score (nSPS) is 20.5. The summed E-state index contributed by atoms with van der Waals surface area (Å²) in [5, 5.41) is 12.0. The molecule has 1 saturated carbocycles. The van der Waals surface area contributed by atoms with Crippen molar-refractivity contribution in [2.75, 3.05) is 0 Å². The van der Waals surface area contributed by atoms with E-state index in [0.717, 1.165) is 12.0 Å². The van der Waals surface area contributed by atoms with Crippen LogP contribution in [0.2, 0.25) is 0 Å². The van der Waals surface area contributed by atoms with Crippen LogP contribution in [0.5, 0.6) is 0 Å². The third-order valence-electron chi connectivity index (χ3n) is 4.49. The molecule has 1 amide bonds. The fourth-order valence-corrected chi connectivity index (χ4v) is 3.44. The van der Waals surface area contributed by atoms with E-state index in [9.17, 15) is 14.4 Å². The Morgan fingerprint density at radius 3 is 2.52 bits per heavy atom. The van der Waals surface area contributed by atoms with E-state index in [-0.39, 0.29) is 23.7 Å². The number of aliphatic carboxylic acids is 1. The maximum Gasteiger partial charge on any atom is 0.306 e. The van der Waals surface area contributed by atoms with Gasteiger partial charge in [0.1, 0.15) is 5.69 Å². The molecule has 0 unspecified atom stereocenters.